The largest absolute Gasteiger partial charge is 0.490 e. The fourth-order valence-corrected chi connectivity index (χ4v) is 1.41. The van der Waals surface area contributed by atoms with E-state index in [0.717, 1.165) is 6.42 Å². The Morgan fingerprint density at radius 2 is 2.31 bits per heavy atom. The lowest BCUT2D eigenvalue weighted by Crippen LogP contribution is -2.29. The maximum absolute atomic E-state index is 11.7. The van der Waals surface area contributed by atoms with Crippen LogP contribution in [0.2, 0.25) is 0 Å². The molecule has 1 aliphatic heterocycles. The fraction of sp³-hybridized carbons (Fsp3) is 0.700. The van der Waals surface area contributed by atoms with Crippen LogP contribution in [0.4, 0.5) is 0 Å². The normalized spacial score (nSPS) is 18.3. The Labute approximate surface area is 78.7 Å². The molecule has 3 nitrogen and oxygen atoms in total. The molecule has 0 aliphatic carbocycles. The fourth-order valence-electron chi connectivity index (χ4n) is 1.41. The van der Waals surface area contributed by atoms with E-state index in [1.54, 1.807) is 7.11 Å². The lowest BCUT2D eigenvalue weighted by molar-refractivity contribution is -0.130. The average molecular weight is 184 g/mol. The zero-order valence-electron chi connectivity index (χ0n) is 8.37. The summed E-state index contributed by atoms with van der Waals surface area (Å²) in [7, 11) is 1.55. The van der Waals surface area contributed by atoms with Gasteiger partial charge >= 0.3 is 0 Å². The summed E-state index contributed by atoms with van der Waals surface area (Å²) in [4.78, 5) is 11.7. The van der Waals surface area contributed by atoms with Gasteiger partial charge < -0.3 is 9.47 Å². The van der Waals surface area contributed by atoms with Crippen molar-refractivity contribution in [3.63, 3.8) is 0 Å². The Hall–Kier alpha value is -0.830. The maximum Gasteiger partial charge on any atom is 0.225 e. The molecule has 0 saturated heterocycles. The Morgan fingerprint density at radius 3 is 2.69 bits per heavy atom. The van der Waals surface area contributed by atoms with Crippen LogP contribution < -0.4 is 0 Å². The van der Waals surface area contributed by atoms with Crippen molar-refractivity contribution in [1.29, 1.82) is 0 Å². The first kappa shape index (κ1) is 10.3. The van der Waals surface area contributed by atoms with Crippen molar-refractivity contribution in [3.8, 4) is 0 Å². The van der Waals surface area contributed by atoms with Crippen molar-refractivity contribution in [3.05, 3.63) is 11.8 Å². The van der Waals surface area contributed by atoms with Crippen molar-refractivity contribution >= 4 is 5.78 Å². The van der Waals surface area contributed by atoms with E-state index < -0.39 is 0 Å². The smallest absolute Gasteiger partial charge is 0.225 e. The highest BCUT2D eigenvalue weighted by Gasteiger charge is 2.27. The maximum atomic E-state index is 11.7. The van der Waals surface area contributed by atoms with Gasteiger partial charge in [0, 0.05) is 13.5 Å². The SMILES string of the molecule is COC(C(=O)C1=CCCO1)C(C)C. The van der Waals surface area contributed by atoms with Gasteiger partial charge in [-0.2, -0.15) is 0 Å². The van der Waals surface area contributed by atoms with E-state index >= 15 is 0 Å². The van der Waals surface area contributed by atoms with Crippen LogP contribution in [0.3, 0.4) is 0 Å². The predicted octanol–water partition coefficient (Wildman–Crippen LogP) is 1.53. The van der Waals surface area contributed by atoms with Gasteiger partial charge in [-0.3, -0.25) is 4.79 Å². The van der Waals surface area contributed by atoms with Crippen LogP contribution in [0.5, 0.6) is 0 Å². The molecule has 0 aromatic heterocycles. The third kappa shape index (κ3) is 2.31. The molecule has 74 valence electrons. The molecular formula is C10H16O3. The lowest BCUT2D eigenvalue weighted by atomic mass is 10.0. The number of Topliss-reactive ketones (excluding diaryl/α,β-unsaturated/α-hetero) is 1. The first-order chi connectivity index (χ1) is 6.16. The summed E-state index contributed by atoms with van der Waals surface area (Å²) in [6, 6.07) is 0. The molecule has 3 heteroatoms. The zero-order chi connectivity index (χ0) is 9.84. The molecule has 13 heavy (non-hydrogen) atoms. The molecule has 0 fully saturated rings. The minimum atomic E-state index is -0.371. The van der Waals surface area contributed by atoms with E-state index in [0.29, 0.717) is 12.4 Å². The second-order valence-corrected chi connectivity index (χ2v) is 3.47. The van der Waals surface area contributed by atoms with E-state index in [9.17, 15) is 4.79 Å². The first-order valence-electron chi connectivity index (χ1n) is 4.56. The summed E-state index contributed by atoms with van der Waals surface area (Å²) >= 11 is 0. The Balaban J connectivity index is 2.63. The Morgan fingerprint density at radius 1 is 1.62 bits per heavy atom. The van der Waals surface area contributed by atoms with Gasteiger partial charge in [-0.1, -0.05) is 13.8 Å². The lowest BCUT2D eigenvalue weighted by Gasteiger charge is -2.17. The number of hydrogen-bond acceptors (Lipinski definition) is 3. The van der Waals surface area contributed by atoms with Crippen LogP contribution >= 0.6 is 0 Å². The van der Waals surface area contributed by atoms with Gasteiger partial charge in [-0.25, -0.2) is 0 Å². The van der Waals surface area contributed by atoms with Crippen LogP contribution in [-0.4, -0.2) is 25.6 Å². The quantitative estimate of drug-likeness (QED) is 0.664. The topological polar surface area (TPSA) is 35.5 Å². The van der Waals surface area contributed by atoms with Crippen LogP contribution in [-0.2, 0) is 14.3 Å². The first-order valence-corrected chi connectivity index (χ1v) is 4.56. The highest BCUT2D eigenvalue weighted by molar-refractivity contribution is 5.97. The standard InChI is InChI=1S/C10H16O3/c1-7(2)10(12-3)9(11)8-5-4-6-13-8/h5,7,10H,4,6H2,1-3H3. The summed E-state index contributed by atoms with van der Waals surface area (Å²) in [6.07, 6.45) is 2.29. The van der Waals surface area contributed by atoms with Gasteiger partial charge in [-0.15, -0.1) is 0 Å². The highest BCUT2D eigenvalue weighted by Crippen LogP contribution is 2.17. The van der Waals surface area contributed by atoms with Crippen LogP contribution in [0, 0.1) is 5.92 Å². The van der Waals surface area contributed by atoms with Crippen LogP contribution in [0.15, 0.2) is 11.8 Å². The van der Waals surface area contributed by atoms with Crippen LogP contribution in [0.1, 0.15) is 20.3 Å². The van der Waals surface area contributed by atoms with Crippen molar-refractivity contribution in [1.82, 2.24) is 0 Å². The molecule has 0 N–H and O–H groups in total. The Bertz CT molecular complexity index is 218. The monoisotopic (exact) mass is 184 g/mol. The van der Waals surface area contributed by atoms with Crippen molar-refractivity contribution in [2.75, 3.05) is 13.7 Å². The molecule has 1 heterocycles. The molecular weight excluding hydrogens is 168 g/mol. The minimum Gasteiger partial charge on any atom is -0.490 e. The highest BCUT2D eigenvalue weighted by atomic mass is 16.5. The van der Waals surface area contributed by atoms with Gasteiger partial charge in [0.25, 0.3) is 0 Å². The summed E-state index contributed by atoms with van der Waals surface area (Å²) in [5, 5.41) is 0. The molecule has 1 atom stereocenters. The van der Waals surface area contributed by atoms with Gasteiger partial charge in [0.15, 0.2) is 5.76 Å². The molecule has 0 radical (unpaired) electrons. The molecule has 0 bridgehead atoms. The number of ether oxygens (including phenoxy) is 2. The molecule has 0 aromatic carbocycles. The zero-order valence-corrected chi connectivity index (χ0v) is 8.37. The number of rotatable bonds is 4. The number of carbonyl (C=O) groups excluding carboxylic acids is 1. The average Bonchev–Trinajstić information content (AvgIpc) is 2.56. The number of ketones is 1. The molecule has 1 aliphatic rings. The summed E-state index contributed by atoms with van der Waals surface area (Å²) in [6.45, 7) is 4.54. The van der Waals surface area contributed by atoms with E-state index in [4.69, 9.17) is 9.47 Å². The summed E-state index contributed by atoms with van der Waals surface area (Å²) in [5.74, 6) is 0.623. The molecule has 0 saturated carbocycles. The van der Waals surface area contributed by atoms with Crippen LogP contribution in [0.25, 0.3) is 0 Å². The second kappa shape index (κ2) is 4.42. The molecule has 0 aromatic rings. The van der Waals surface area contributed by atoms with E-state index in [2.05, 4.69) is 0 Å². The molecule has 1 unspecified atom stereocenters. The number of methoxy groups -OCH3 is 1. The van der Waals surface area contributed by atoms with Gasteiger partial charge in [-0.05, 0) is 12.0 Å². The third-order valence-corrected chi connectivity index (χ3v) is 2.07. The van der Waals surface area contributed by atoms with Gasteiger partial charge in [0.2, 0.25) is 5.78 Å². The second-order valence-electron chi connectivity index (χ2n) is 3.47. The predicted molar refractivity (Wildman–Crippen MR) is 49.3 cm³/mol. The van der Waals surface area contributed by atoms with E-state index in [-0.39, 0.29) is 17.8 Å². The number of hydrogen-bond donors (Lipinski definition) is 0. The van der Waals surface area contributed by atoms with Crippen molar-refractivity contribution in [2.45, 2.75) is 26.4 Å². The third-order valence-electron chi connectivity index (χ3n) is 2.07. The Kier molecular flexibility index (Phi) is 3.48. The van der Waals surface area contributed by atoms with E-state index in [1.165, 1.54) is 0 Å². The van der Waals surface area contributed by atoms with Gasteiger partial charge in [0.1, 0.15) is 6.10 Å². The molecule has 0 spiro atoms. The minimum absolute atomic E-state index is 0.0324. The van der Waals surface area contributed by atoms with E-state index in [1.807, 2.05) is 19.9 Å². The molecule has 0 amide bonds. The van der Waals surface area contributed by atoms with Crippen molar-refractivity contribution < 1.29 is 14.3 Å². The van der Waals surface area contributed by atoms with Gasteiger partial charge in [0.05, 0.1) is 6.61 Å². The molecule has 1 rings (SSSR count). The number of carbonyl (C=O) groups is 1. The summed E-state index contributed by atoms with van der Waals surface area (Å²) < 4.78 is 10.3. The summed E-state index contributed by atoms with van der Waals surface area (Å²) in [5.41, 5.74) is 0. The van der Waals surface area contributed by atoms with Crippen molar-refractivity contribution in [2.24, 2.45) is 5.92 Å².